The minimum Gasteiger partial charge on any atom is -0.414 e. The lowest BCUT2D eigenvalue weighted by atomic mass is 9.83. The van der Waals surface area contributed by atoms with E-state index in [4.69, 9.17) is 10.8 Å². The molecule has 0 aromatic heterocycles. The van der Waals surface area contributed by atoms with E-state index in [0.717, 1.165) is 5.56 Å². The topological polar surface area (TPSA) is 9.23 Å². The van der Waals surface area contributed by atoms with Gasteiger partial charge in [-0.05, 0) is 40.3 Å². The Morgan fingerprint density at radius 2 is 1.37 bits per heavy atom. The van der Waals surface area contributed by atoms with Gasteiger partial charge in [0, 0.05) is 0 Å². The molecule has 1 aromatic rings. The van der Waals surface area contributed by atoms with E-state index in [-0.39, 0.29) is 5.04 Å². The van der Waals surface area contributed by atoms with E-state index in [1.165, 1.54) is 0 Å². The van der Waals surface area contributed by atoms with Gasteiger partial charge < -0.3 is 4.43 Å². The summed E-state index contributed by atoms with van der Waals surface area (Å²) in [5.74, 6) is 6.77. The van der Waals surface area contributed by atoms with Crippen LogP contribution in [-0.2, 0) is 9.84 Å². The Balaban J connectivity index is 3.62. The van der Waals surface area contributed by atoms with Crippen molar-refractivity contribution in [2.75, 3.05) is 6.61 Å². The summed E-state index contributed by atoms with van der Waals surface area (Å²) in [4.78, 5) is 0. The molecule has 0 amide bonds. The van der Waals surface area contributed by atoms with Crippen molar-refractivity contribution in [3.8, 4) is 23.8 Å². The van der Waals surface area contributed by atoms with Crippen LogP contribution in [0.4, 0.5) is 0 Å². The molecule has 1 aromatic carbocycles. The number of terminal acetylenes is 1. The summed E-state index contributed by atoms with van der Waals surface area (Å²) in [5, 5.41) is 0.129. The summed E-state index contributed by atoms with van der Waals surface area (Å²) < 4.78 is 6.66. The first-order chi connectivity index (χ1) is 13.7. The van der Waals surface area contributed by atoms with Crippen LogP contribution in [0.3, 0.4) is 0 Å². The van der Waals surface area contributed by atoms with Gasteiger partial charge in [0.25, 0.3) is 0 Å². The van der Waals surface area contributed by atoms with Gasteiger partial charge in [0.15, 0.2) is 8.32 Å². The number of benzene rings is 1. The van der Waals surface area contributed by atoms with Crippen LogP contribution in [0.25, 0.3) is 0 Å². The molecule has 1 atom stereocenters. The summed E-state index contributed by atoms with van der Waals surface area (Å²) in [6.07, 6.45) is 6.23. The Bertz CT molecular complexity index is 760. The third-order valence-electron chi connectivity index (χ3n) is 7.33. The molecule has 1 rings (SSSR count). The second-order valence-electron chi connectivity index (χ2n) is 11.1. The van der Waals surface area contributed by atoms with Crippen molar-refractivity contribution in [1.82, 2.24) is 0 Å². The molecule has 0 aliphatic heterocycles. The van der Waals surface area contributed by atoms with Crippen molar-refractivity contribution in [2.24, 2.45) is 0 Å². The summed E-state index contributed by atoms with van der Waals surface area (Å²) in [5.41, 5.74) is 5.93. The van der Waals surface area contributed by atoms with Gasteiger partial charge >= 0.3 is 0 Å². The van der Waals surface area contributed by atoms with Gasteiger partial charge in [-0.1, -0.05) is 104 Å². The zero-order valence-corrected chi connectivity index (χ0v) is 23.3. The van der Waals surface area contributed by atoms with Crippen molar-refractivity contribution in [3.63, 3.8) is 0 Å². The normalized spacial score (nSPS) is 15.0. The fourth-order valence-electron chi connectivity index (χ4n) is 4.23. The van der Waals surface area contributed by atoms with E-state index in [1.54, 1.807) is 0 Å². The van der Waals surface area contributed by atoms with Gasteiger partial charge in [0.1, 0.15) is 13.5 Å². The van der Waals surface area contributed by atoms with Crippen molar-refractivity contribution in [2.45, 2.75) is 102 Å². The van der Waals surface area contributed by atoms with Gasteiger partial charge in [-0.15, -0.1) is 12.0 Å². The second kappa shape index (κ2) is 9.91. The Morgan fingerprint density at radius 1 is 0.900 bits per heavy atom. The highest BCUT2D eigenvalue weighted by Crippen LogP contribution is 2.42. The molecule has 0 saturated heterocycles. The first-order valence-corrected chi connectivity index (χ1v) is 16.5. The maximum Gasteiger partial charge on any atom is 0.192 e. The molecule has 0 fully saturated rings. The van der Waals surface area contributed by atoms with Crippen molar-refractivity contribution < 1.29 is 4.43 Å². The van der Waals surface area contributed by atoms with Crippen molar-refractivity contribution in [3.05, 3.63) is 35.9 Å². The Kier molecular flexibility index (Phi) is 8.84. The van der Waals surface area contributed by atoms with Crippen LogP contribution in [0, 0.1) is 23.8 Å². The third kappa shape index (κ3) is 5.50. The average Bonchev–Trinajstić information content (AvgIpc) is 2.63. The first-order valence-electron chi connectivity index (χ1n) is 11.4. The zero-order valence-electron chi connectivity index (χ0n) is 21.3. The lowest BCUT2D eigenvalue weighted by Gasteiger charge is -2.40. The lowest BCUT2D eigenvalue weighted by molar-refractivity contribution is 0.258. The third-order valence-corrected chi connectivity index (χ3v) is 18.1. The molecule has 0 N–H and O–H groups in total. The molecule has 0 aliphatic carbocycles. The molecule has 0 aliphatic rings. The molecule has 0 bridgehead atoms. The Labute approximate surface area is 189 Å². The molecule has 1 nitrogen and oxygen atoms in total. The molecule has 0 spiro atoms. The molecule has 0 radical (unpaired) electrons. The molecule has 30 heavy (non-hydrogen) atoms. The Hall–Kier alpha value is -1.27. The van der Waals surface area contributed by atoms with E-state index in [0.29, 0.717) is 23.2 Å². The van der Waals surface area contributed by atoms with Gasteiger partial charge in [-0.25, -0.2) is 0 Å². The predicted octanol–water partition coefficient (Wildman–Crippen LogP) is 7.80. The monoisotopic (exact) mass is 440 g/mol. The van der Waals surface area contributed by atoms with Gasteiger partial charge in [0.2, 0.25) is 0 Å². The number of rotatable bonds is 7. The number of hydrogen-bond acceptors (Lipinski definition) is 1. The van der Waals surface area contributed by atoms with Gasteiger partial charge in [-0.3, -0.25) is 0 Å². The average molecular weight is 441 g/mol. The van der Waals surface area contributed by atoms with Crippen LogP contribution in [0.2, 0.25) is 34.8 Å². The fourth-order valence-corrected chi connectivity index (χ4v) is 10.5. The zero-order chi connectivity index (χ0) is 23.4. The minimum atomic E-state index is -1.96. The van der Waals surface area contributed by atoms with Gasteiger partial charge in [0.05, 0.1) is 6.61 Å². The SMILES string of the molecule is C#CC(C#C[Si](C(C)C)(C(C)C)C(C)C)(CO[Si](C)(C)C(C)(C)C)c1ccccc1. The second-order valence-corrected chi connectivity index (χ2v) is 21.5. The van der Waals surface area contributed by atoms with Gasteiger partial charge in [-0.2, -0.15) is 0 Å². The maximum absolute atomic E-state index is 6.66. The van der Waals surface area contributed by atoms with Crippen molar-refractivity contribution >= 4 is 16.4 Å². The molecular formula is C27H44OSi2. The minimum absolute atomic E-state index is 0.129. The van der Waals surface area contributed by atoms with E-state index in [1.807, 2.05) is 18.2 Å². The van der Waals surface area contributed by atoms with Crippen LogP contribution in [0.5, 0.6) is 0 Å². The van der Waals surface area contributed by atoms with E-state index < -0.39 is 21.8 Å². The smallest absolute Gasteiger partial charge is 0.192 e. The largest absolute Gasteiger partial charge is 0.414 e. The van der Waals surface area contributed by atoms with E-state index in [2.05, 4.69) is 105 Å². The van der Waals surface area contributed by atoms with Crippen LogP contribution >= 0.6 is 0 Å². The summed E-state index contributed by atoms with van der Waals surface area (Å²) >= 11 is 0. The summed E-state index contributed by atoms with van der Waals surface area (Å²) in [6.45, 7) is 25.8. The lowest BCUT2D eigenvalue weighted by Crippen LogP contribution is -2.46. The highest BCUT2D eigenvalue weighted by atomic mass is 28.4. The molecule has 1 unspecified atom stereocenters. The van der Waals surface area contributed by atoms with Crippen molar-refractivity contribution in [1.29, 1.82) is 0 Å². The molecule has 3 heteroatoms. The quantitative estimate of drug-likeness (QED) is 0.310. The van der Waals surface area contributed by atoms with Crippen LogP contribution in [0.1, 0.15) is 67.9 Å². The van der Waals surface area contributed by atoms with Crippen LogP contribution in [-0.4, -0.2) is 23.0 Å². The molecular weight excluding hydrogens is 396 g/mol. The van der Waals surface area contributed by atoms with E-state index in [9.17, 15) is 0 Å². The predicted molar refractivity (Wildman–Crippen MR) is 139 cm³/mol. The van der Waals surface area contributed by atoms with E-state index >= 15 is 0 Å². The first kappa shape index (κ1) is 26.8. The molecule has 0 heterocycles. The highest BCUT2D eigenvalue weighted by Gasteiger charge is 2.43. The summed E-state index contributed by atoms with van der Waals surface area (Å²) in [7, 11) is -3.86. The van der Waals surface area contributed by atoms with Crippen LogP contribution in [0.15, 0.2) is 30.3 Å². The maximum atomic E-state index is 6.66. The number of hydrogen-bond donors (Lipinski definition) is 0. The fraction of sp³-hybridized carbons (Fsp3) is 0.630. The van der Waals surface area contributed by atoms with Crippen LogP contribution < -0.4 is 0 Å². The molecule has 166 valence electrons. The summed E-state index contributed by atoms with van der Waals surface area (Å²) in [6, 6.07) is 10.3. The standard InChI is InChI=1S/C27H44OSi2/c1-13-27(25-17-15-14-16-18-25,21-28-29(11,12)26(8,9)10)19-20-30(22(2)3,23(4)5)24(6)7/h1,14-18,22-24H,21H2,2-12H3. The highest BCUT2D eigenvalue weighted by molar-refractivity contribution is 6.90. The Morgan fingerprint density at radius 3 is 1.73 bits per heavy atom. The molecule has 0 saturated carbocycles.